The van der Waals surface area contributed by atoms with Crippen molar-refractivity contribution in [2.45, 2.75) is 36.6 Å². The second kappa shape index (κ2) is 14.6. The third kappa shape index (κ3) is 8.31. The summed E-state index contributed by atoms with van der Waals surface area (Å²) in [6.07, 6.45) is -4.64. The van der Waals surface area contributed by atoms with Crippen molar-refractivity contribution >= 4 is 55.2 Å². The van der Waals surface area contributed by atoms with E-state index in [-0.39, 0.29) is 33.6 Å². The van der Waals surface area contributed by atoms with Gasteiger partial charge in [0, 0.05) is 28.8 Å². The van der Waals surface area contributed by atoms with Gasteiger partial charge < -0.3 is 10.6 Å². The van der Waals surface area contributed by atoms with Crippen molar-refractivity contribution < 1.29 is 31.2 Å². The third-order valence-corrected chi connectivity index (χ3v) is 10.0. The maximum atomic E-state index is 13.3. The highest BCUT2D eigenvalue weighted by Crippen LogP contribution is 2.34. The van der Waals surface area contributed by atoms with Crippen molar-refractivity contribution in [1.29, 1.82) is 0 Å². The summed E-state index contributed by atoms with van der Waals surface area (Å²) >= 11 is 4.34. The van der Waals surface area contributed by atoms with Crippen molar-refractivity contribution in [3.8, 4) is 5.69 Å². The number of benzene rings is 3. The summed E-state index contributed by atoms with van der Waals surface area (Å²) in [5.41, 5.74) is -0.469. The number of rotatable bonds is 12. The van der Waals surface area contributed by atoms with Crippen LogP contribution in [0.2, 0.25) is 0 Å². The highest BCUT2D eigenvalue weighted by molar-refractivity contribution is 9.10. The molecule has 4 aromatic rings. The number of halogens is 4. The second-order valence-electron chi connectivity index (χ2n) is 9.39. The van der Waals surface area contributed by atoms with Crippen LogP contribution in [0.1, 0.15) is 35.6 Å². The molecule has 0 unspecified atom stereocenters. The van der Waals surface area contributed by atoms with Gasteiger partial charge in [-0.05, 0) is 60.7 Å². The molecule has 0 saturated carbocycles. The largest absolute Gasteiger partial charge is 0.418 e. The standard InChI is InChI=1S/C29H28BrF3N6O4S2/c1-3-38(4-2)45(42,43)22-15-9-19(10-16-22)27(41)34-17-25-36-37-28(39(25)21-13-11-20(30)12-14-21)44-18-26(40)35-24-8-6-5-7-23(24)29(31,32)33/h5-16H,3-4,17-18H2,1-2H3,(H,34,41)(H,35,40). The lowest BCUT2D eigenvalue weighted by Gasteiger charge is -2.18. The molecule has 2 amide bonds. The zero-order valence-electron chi connectivity index (χ0n) is 24.0. The molecule has 1 aromatic heterocycles. The van der Waals surface area contributed by atoms with Crippen LogP contribution in [-0.4, -0.2) is 58.1 Å². The van der Waals surface area contributed by atoms with Gasteiger partial charge in [-0.3, -0.25) is 14.2 Å². The second-order valence-corrected chi connectivity index (χ2v) is 13.2. The number of carbonyl (C=O) groups excluding carboxylic acids is 2. The van der Waals surface area contributed by atoms with E-state index in [0.717, 1.165) is 22.3 Å². The van der Waals surface area contributed by atoms with Gasteiger partial charge in [-0.15, -0.1) is 10.2 Å². The van der Waals surface area contributed by atoms with Crippen molar-refractivity contribution in [1.82, 2.24) is 24.4 Å². The fourth-order valence-electron chi connectivity index (χ4n) is 4.27. The van der Waals surface area contributed by atoms with E-state index in [1.807, 2.05) is 0 Å². The molecular formula is C29H28BrF3N6O4S2. The molecule has 0 aliphatic heterocycles. The average Bonchev–Trinajstić information content (AvgIpc) is 3.42. The summed E-state index contributed by atoms with van der Waals surface area (Å²) in [6, 6.07) is 17.4. The molecule has 0 fully saturated rings. The molecular weight excluding hydrogens is 697 g/mol. The van der Waals surface area contributed by atoms with E-state index in [9.17, 15) is 31.2 Å². The number of para-hydroxylation sites is 1. The molecule has 10 nitrogen and oxygen atoms in total. The van der Waals surface area contributed by atoms with Gasteiger partial charge in [-0.1, -0.05) is 53.7 Å². The van der Waals surface area contributed by atoms with Gasteiger partial charge in [-0.25, -0.2) is 8.42 Å². The first-order valence-corrected chi connectivity index (χ1v) is 16.7. The van der Waals surface area contributed by atoms with Gasteiger partial charge in [0.2, 0.25) is 15.9 Å². The SMILES string of the molecule is CCN(CC)S(=O)(=O)c1ccc(C(=O)NCc2nnc(SCC(=O)Nc3ccccc3C(F)(F)F)n2-c2ccc(Br)cc2)cc1. The number of hydrogen-bond acceptors (Lipinski definition) is 7. The van der Waals surface area contributed by atoms with Crippen LogP contribution in [-0.2, 0) is 27.5 Å². The van der Waals surface area contributed by atoms with Gasteiger partial charge in [0.05, 0.1) is 28.4 Å². The molecule has 2 N–H and O–H groups in total. The number of thioether (sulfide) groups is 1. The maximum Gasteiger partial charge on any atom is 0.418 e. The molecule has 4 rings (SSSR count). The van der Waals surface area contributed by atoms with Crippen LogP contribution in [0.4, 0.5) is 18.9 Å². The summed E-state index contributed by atoms with van der Waals surface area (Å²) in [7, 11) is -3.68. The summed E-state index contributed by atoms with van der Waals surface area (Å²) in [6.45, 7) is 4.04. The average molecular weight is 726 g/mol. The normalized spacial score (nSPS) is 11.9. The monoisotopic (exact) mass is 724 g/mol. The van der Waals surface area contributed by atoms with Gasteiger partial charge in [0.25, 0.3) is 5.91 Å². The fourth-order valence-corrected chi connectivity index (χ4v) is 6.76. The molecule has 3 aromatic carbocycles. The molecule has 16 heteroatoms. The number of nitrogens with zero attached hydrogens (tertiary/aromatic N) is 4. The number of sulfonamides is 1. The molecule has 0 bridgehead atoms. The number of hydrogen-bond donors (Lipinski definition) is 2. The Bertz CT molecular complexity index is 1760. The molecule has 0 atom stereocenters. The molecule has 1 heterocycles. The van der Waals surface area contributed by atoms with E-state index in [0.29, 0.717) is 24.6 Å². The summed E-state index contributed by atoms with van der Waals surface area (Å²) in [4.78, 5) is 25.6. The number of anilines is 1. The van der Waals surface area contributed by atoms with Crippen LogP contribution < -0.4 is 10.6 Å². The molecule has 0 aliphatic carbocycles. The number of alkyl halides is 3. The lowest BCUT2D eigenvalue weighted by Crippen LogP contribution is -2.30. The smallest absolute Gasteiger partial charge is 0.345 e. The highest BCUT2D eigenvalue weighted by atomic mass is 79.9. The van der Waals surface area contributed by atoms with Crippen LogP contribution in [0.5, 0.6) is 0 Å². The number of carbonyl (C=O) groups is 2. The Kier molecular flexibility index (Phi) is 11.1. The topological polar surface area (TPSA) is 126 Å². The minimum Gasteiger partial charge on any atom is -0.345 e. The van der Waals surface area contributed by atoms with Crippen molar-refractivity contribution in [2.24, 2.45) is 0 Å². The predicted octanol–water partition coefficient (Wildman–Crippen LogP) is 5.74. The Morgan fingerprint density at radius 1 is 0.956 bits per heavy atom. The first-order chi connectivity index (χ1) is 21.3. The van der Waals surface area contributed by atoms with Crippen LogP contribution >= 0.6 is 27.7 Å². The van der Waals surface area contributed by atoms with Crippen molar-refractivity contribution in [3.05, 3.63) is 94.2 Å². The molecule has 0 aliphatic rings. The number of aromatic nitrogens is 3. The first-order valence-electron chi connectivity index (χ1n) is 13.5. The van der Waals surface area contributed by atoms with E-state index in [2.05, 4.69) is 36.8 Å². The molecule has 238 valence electrons. The van der Waals surface area contributed by atoms with Gasteiger partial charge in [0.15, 0.2) is 11.0 Å². The van der Waals surface area contributed by atoms with Crippen molar-refractivity contribution in [2.75, 3.05) is 24.2 Å². The van der Waals surface area contributed by atoms with Crippen LogP contribution in [0.15, 0.2) is 87.3 Å². The van der Waals surface area contributed by atoms with Gasteiger partial charge in [0.1, 0.15) is 0 Å². The summed E-state index contributed by atoms with van der Waals surface area (Å²) < 4.78 is 69.3. The Balaban J connectivity index is 1.49. The van der Waals surface area contributed by atoms with Crippen molar-refractivity contribution in [3.63, 3.8) is 0 Å². The Morgan fingerprint density at radius 3 is 2.22 bits per heavy atom. The van der Waals surface area contributed by atoms with E-state index in [4.69, 9.17) is 0 Å². The zero-order valence-corrected chi connectivity index (χ0v) is 27.2. The van der Waals surface area contributed by atoms with Crippen LogP contribution in [0, 0.1) is 0 Å². The van der Waals surface area contributed by atoms with Crippen LogP contribution in [0.3, 0.4) is 0 Å². The number of amides is 2. The Morgan fingerprint density at radius 2 is 1.60 bits per heavy atom. The predicted molar refractivity (Wildman–Crippen MR) is 168 cm³/mol. The first kappa shape index (κ1) is 34.1. The molecule has 0 spiro atoms. The summed E-state index contributed by atoms with van der Waals surface area (Å²) in [5, 5.41) is 13.6. The Labute approximate surface area is 270 Å². The molecule has 45 heavy (non-hydrogen) atoms. The Hall–Kier alpha value is -3.73. The maximum absolute atomic E-state index is 13.3. The molecule has 0 radical (unpaired) electrons. The van der Waals surface area contributed by atoms with Crippen LogP contribution in [0.25, 0.3) is 5.69 Å². The van der Waals surface area contributed by atoms with E-state index >= 15 is 0 Å². The minimum atomic E-state index is -4.64. The number of nitrogens with one attached hydrogen (secondary N) is 2. The van der Waals surface area contributed by atoms with E-state index < -0.39 is 33.6 Å². The molecule has 0 saturated heterocycles. The van der Waals surface area contributed by atoms with E-state index in [1.54, 1.807) is 42.7 Å². The minimum absolute atomic E-state index is 0.0744. The fraction of sp³-hybridized carbons (Fsp3) is 0.241. The lowest BCUT2D eigenvalue weighted by molar-refractivity contribution is -0.137. The third-order valence-electron chi connectivity index (χ3n) is 6.49. The summed E-state index contributed by atoms with van der Waals surface area (Å²) in [5.74, 6) is -1.11. The lowest BCUT2D eigenvalue weighted by atomic mass is 10.1. The quantitative estimate of drug-likeness (QED) is 0.179. The van der Waals surface area contributed by atoms with Gasteiger partial charge >= 0.3 is 6.18 Å². The highest BCUT2D eigenvalue weighted by Gasteiger charge is 2.33. The zero-order chi connectivity index (χ0) is 32.8. The van der Waals surface area contributed by atoms with E-state index in [1.165, 1.54) is 46.8 Å². The van der Waals surface area contributed by atoms with Gasteiger partial charge in [-0.2, -0.15) is 17.5 Å².